The van der Waals surface area contributed by atoms with Crippen LogP contribution in [0.1, 0.15) is 43.4 Å². The van der Waals surface area contributed by atoms with Crippen LogP contribution in [0.5, 0.6) is 0 Å². The number of ether oxygens (including phenoxy) is 1. The summed E-state index contributed by atoms with van der Waals surface area (Å²) in [5, 5.41) is 0. The molecule has 1 aliphatic heterocycles. The van der Waals surface area contributed by atoms with Crippen molar-refractivity contribution in [3.63, 3.8) is 0 Å². The molecular weight excluding hydrogens is 471 g/mol. The minimum Gasteiger partial charge on any atom is -0.380 e. The maximum absolute atomic E-state index is 13.3. The van der Waals surface area contributed by atoms with Crippen molar-refractivity contribution in [3.05, 3.63) is 72.2 Å². The lowest BCUT2D eigenvalue weighted by Crippen LogP contribution is -2.50. The molecule has 1 saturated carbocycles. The predicted molar refractivity (Wildman–Crippen MR) is 139 cm³/mol. The average Bonchev–Trinajstić information content (AvgIpc) is 3.29. The van der Waals surface area contributed by atoms with E-state index in [1.165, 1.54) is 5.56 Å². The van der Waals surface area contributed by atoms with E-state index >= 15 is 0 Å². The Morgan fingerprint density at radius 1 is 1.06 bits per heavy atom. The number of piperidine rings is 1. The number of nitrogens with two attached hydrogens (primary N) is 1. The van der Waals surface area contributed by atoms with E-state index in [0.717, 1.165) is 50.1 Å². The van der Waals surface area contributed by atoms with Crippen LogP contribution in [0.25, 0.3) is 5.65 Å². The Balaban J connectivity index is 0.00000162. The number of hydrogen-bond donors (Lipinski definition) is 1. The number of methoxy groups -OCH3 is 1. The van der Waals surface area contributed by atoms with Gasteiger partial charge in [-0.1, -0.05) is 36.4 Å². The van der Waals surface area contributed by atoms with Crippen molar-refractivity contribution in [2.45, 2.75) is 49.7 Å². The third-order valence-electron chi connectivity index (χ3n) is 7.60. The quantitative estimate of drug-likeness (QED) is 0.576. The fourth-order valence-corrected chi connectivity index (χ4v) is 5.68. The van der Waals surface area contributed by atoms with Crippen LogP contribution in [0.15, 0.2) is 60.9 Å². The lowest BCUT2D eigenvalue weighted by Gasteiger charge is -2.43. The fraction of sp³-hybridized carbons (Fsp3) is 0.462. The highest BCUT2D eigenvalue weighted by molar-refractivity contribution is 5.85. The number of fused-ring (bicyclic) bond motifs is 1. The number of amides is 1. The smallest absolute Gasteiger partial charge is 0.225 e. The summed E-state index contributed by atoms with van der Waals surface area (Å²) < 4.78 is 7.56. The molecule has 5 rings (SSSR count). The number of rotatable bonds is 4. The van der Waals surface area contributed by atoms with Gasteiger partial charge in [-0.2, -0.15) is 0 Å². The van der Waals surface area contributed by atoms with Crippen molar-refractivity contribution >= 4 is 36.4 Å². The first-order valence-corrected chi connectivity index (χ1v) is 11.7. The lowest BCUT2D eigenvalue weighted by atomic mass is 9.70. The van der Waals surface area contributed by atoms with Gasteiger partial charge < -0.3 is 19.8 Å². The second-order valence-corrected chi connectivity index (χ2v) is 9.31. The van der Waals surface area contributed by atoms with Gasteiger partial charge in [0.1, 0.15) is 5.65 Å². The summed E-state index contributed by atoms with van der Waals surface area (Å²) in [6, 6.07) is 16.7. The van der Waals surface area contributed by atoms with E-state index in [-0.39, 0.29) is 54.2 Å². The Labute approximate surface area is 213 Å². The zero-order valence-electron chi connectivity index (χ0n) is 19.5. The first kappa shape index (κ1) is 26.5. The molecule has 2 aromatic heterocycles. The minimum absolute atomic E-state index is 0. The van der Waals surface area contributed by atoms with Gasteiger partial charge in [0, 0.05) is 50.0 Å². The van der Waals surface area contributed by atoms with Crippen LogP contribution in [0.4, 0.5) is 0 Å². The topological polar surface area (TPSA) is 72.9 Å². The average molecular weight is 505 g/mol. The van der Waals surface area contributed by atoms with Crippen molar-refractivity contribution < 1.29 is 9.53 Å². The van der Waals surface area contributed by atoms with Crippen molar-refractivity contribution in [1.82, 2.24) is 14.3 Å². The predicted octanol–water partition coefficient (Wildman–Crippen LogP) is 4.23. The third kappa shape index (κ3) is 4.82. The molecule has 6 nitrogen and oxygen atoms in total. The van der Waals surface area contributed by atoms with E-state index in [2.05, 4.69) is 45.8 Å². The number of benzene rings is 1. The Morgan fingerprint density at radius 2 is 1.76 bits per heavy atom. The Bertz CT molecular complexity index is 1050. The summed E-state index contributed by atoms with van der Waals surface area (Å²) in [5.41, 5.74) is 9.41. The largest absolute Gasteiger partial charge is 0.380 e. The highest BCUT2D eigenvalue weighted by atomic mass is 35.5. The monoisotopic (exact) mass is 504 g/mol. The van der Waals surface area contributed by atoms with E-state index in [1.807, 2.05) is 24.4 Å². The number of pyridine rings is 1. The Morgan fingerprint density at radius 3 is 2.41 bits per heavy atom. The van der Waals surface area contributed by atoms with Gasteiger partial charge in [0.15, 0.2) is 0 Å². The van der Waals surface area contributed by atoms with Crippen molar-refractivity contribution in [2.24, 2.45) is 11.7 Å². The SMILES string of the molecule is CO[C@@H]1CC[C@H](C(=O)N2CCC(c3ccccc3)(c3cn4ccccc4n3)CC2)C[C@H]1N.Cl.Cl. The van der Waals surface area contributed by atoms with E-state index in [4.69, 9.17) is 15.5 Å². The van der Waals surface area contributed by atoms with Crippen LogP contribution in [-0.4, -0.2) is 52.5 Å². The Hall–Kier alpha value is -2.12. The molecule has 34 heavy (non-hydrogen) atoms. The first-order chi connectivity index (χ1) is 15.6. The summed E-state index contributed by atoms with van der Waals surface area (Å²) in [5.74, 6) is 0.266. The molecule has 0 spiro atoms. The van der Waals surface area contributed by atoms with Crippen molar-refractivity contribution in [3.8, 4) is 0 Å². The molecular formula is C26H34Cl2N4O2. The second-order valence-electron chi connectivity index (χ2n) is 9.31. The molecule has 184 valence electrons. The van der Waals surface area contributed by atoms with Gasteiger partial charge in [-0.25, -0.2) is 4.98 Å². The minimum atomic E-state index is -0.186. The molecule has 1 aliphatic carbocycles. The van der Waals surface area contributed by atoms with Crippen LogP contribution in [0.3, 0.4) is 0 Å². The van der Waals surface area contributed by atoms with Gasteiger partial charge in [-0.3, -0.25) is 4.79 Å². The van der Waals surface area contributed by atoms with Crippen LogP contribution >= 0.6 is 24.8 Å². The molecule has 1 saturated heterocycles. The maximum Gasteiger partial charge on any atom is 0.225 e. The number of halogens is 2. The summed E-state index contributed by atoms with van der Waals surface area (Å²) in [7, 11) is 1.71. The van der Waals surface area contributed by atoms with Crippen LogP contribution in [0.2, 0.25) is 0 Å². The molecule has 3 aromatic rings. The molecule has 1 aromatic carbocycles. The third-order valence-corrected chi connectivity index (χ3v) is 7.60. The number of carbonyl (C=O) groups excluding carboxylic acids is 1. The lowest BCUT2D eigenvalue weighted by molar-refractivity contribution is -0.139. The van der Waals surface area contributed by atoms with Gasteiger partial charge in [0.05, 0.1) is 11.8 Å². The number of aromatic nitrogens is 2. The normalized spacial score (nSPS) is 24.2. The zero-order chi connectivity index (χ0) is 22.1. The van der Waals surface area contributed by atoms with Gasteiger partial charge >= 0.3 is 0 Å². The van der Waals surface area contributed by atoms with Crippen molar-refractivity contribution in [1.29, 1.82) is 0 Å². The van der Waals surface area contributed by atoms with Gasteiger partial charge in [-0.05, 0) is 49.8 Å². The first-order valence-electron chi connectivity index (χ1n) is 11.7. The van der Waals surface area contributed by atoms with Crippen LogP contribution in [0, 0.1) is 5.92 Å². The van der Waals surface area contributed by atoms with Crippen LogP contribution < -0.4 is 5.73 Å². The number of likely N-dealkylation sites (tertiary alicyclic amines) is 1. The molecule has 2 fully saturated rings. The van der Waals surface area contributed by atoms with Gasteiger partial charge in [-0.15, -0.1) is 24.8 Å². The van der Waals surface area contributed by atoms with E-state index in [0.29, 0.717) is 6.42 Å². The number of carbonyl (C=O) groups is 1. The van der Waals surface area contributed by atoms with E-state index < -0.39 is 0 Å². The molecule has 3 atom stereocenters. The number of hydrogen-bond acceptors (Lipinski definition) is 4. The Kier molecular flexibility index (Phi) is 8.63. The number of nitrogens with zero attached hydrogens (tertiary/aromatic N) is 3. The van der Waals surface area contributed by atoms with Crippen molar-refractivity contribution in [2.75, 3.05) is 20.2 Å². The highest BCUT2D eigenvalue weighted by Crippen LogP contribution is 2.42. The summed E-state index contributed by atoms with van der Waals surface area (Å²) in [4.78, 5) is 20.4. The summed E-state index contributed by atoms with van der Waals surface area (Å²) in [6.07, 6.45) is 8.44. The fourth-order valence-electron chi connectivity index (χ4n) is 5.68. The molecule has 1 amide bonds. The standard InChI is InChI=1S/C26H32N4O2.2ClH/c1-32-22-11-10-19(17-21(22)27)25(31)29-15-12-26(13-16-29,20-7-3-2-4-8-20)23-18-30-14-6-5-9-24(30)28-23;;/h2-9,14,18-19,21-22H,10-13,15-17,27H2,1H3;2*1H/t19-,21+,22+;;/m0../s1. The molecule has 2 aliphatic rings. The zero-order valence-corrected chi connectivity index (χ0v) is 21.1. The molecule has 8 heteroatoms. The summed E-state index contributed by atoms with van der Waals surface area (Å²) >= 11 is 0. The molecule has 0 bridgehead atoms. The van der Waals surface area contributed by atoms with E-state index in [9.17, 15) is 4.79 Å². The maximum atomic E-state index is 13.3. The van der Waals surface area contributed by atoms with Gasteiger partial charge in [0.2, 0.25) is 5.91 Å². The molecule has 0 radical (unpaired) electrons. The molecule has 3 heterocycles. The second kappa shape index (κ2) is 11.1. The van der Waals surface area contributed by atoms with Gasteiger partial charge in [0.25, 0.3) is 0 Å². The summed E-state index contributed by atoms with van der Waals surface area (Å²) in [6.45, 7) is 1.47. The molecule has 0 unspecified atom stereocenters. The number of imidazole rings is 1. The van der Waals surface area contributed by atoms with Crippen LogP contribution in [-0.2, 0) is 14.9 Å². The van der Waals surface area contributed by atoms with E-state index in [1.54, 1.807) is 7.11 Å². The molecule has 2 N–H and O–H groups in total. The highest BCUT2D eigenvalue weighted by Gasteiger charge is 2.42.